The van der Waals surface area contributed by atoms with E-state index in [1.165, 1.54) is 116 Å². The van der Waals surface area contributed by atoms with Gasteiger partial charge in [0, 0.05) is 53.0 Å². The summed E-state index contributed by atoms with van der Waals surface area (Å²) in [5, 5.41) is 0. The zero-order valence-electron chi connectivity index (χ0n) is 34.6. The van der Waals surface area contributed by atoms with Crippen LogP contribution >= 0.6 is 0 Å². The molecular weight excluding hydrogens is 644 g/mol. The van der Waals surface area contributed by atoms with Crippen molar-refractivity contribution < 1.29 is 37.9 Å². The third-order valence-electron chi connectivity index (χ3n) is 12.2. The van der Waals surface area contributed by atoms with Gasteiger partial charge >= 0.3 is 0 Å². The lowest BCUT2D eigenvalue weighted by Gasteiger charge is -2.40. The Morgan fingerprint density at radius 1 is 0.471 bits per heavy atom. The molecule has 0 bridgehead atoms. The first-order valence-corrected chi connectivity index (χ1v) is 21.8. The van der Waals surface area contributed by atoms with Crippen LogP contribution in [0.4, 0.5) is 0 Å². The van der Waals surface area contributed by atoms with E-state index in [9.17, 15) is 0 Å². The Balaban J connectivity index is 0.000000277. The van der Waals surface area contributed by atoms with Crippen molar-refractivity contribution in [2.45, 2.75) is 212 Å². The summed E-state index contributed by atoms with van der Waals surface area (Å²) in [6.07, 6.45) is 29.8. The molecule has 4 rings (SSSR count). The molecule has 2 aliphatic carbocycles. The molecule has 4 fully saturated rings. The van der Waals surface area contributed by atoms with E-state index < -0.39 is 11.9 Å². The summed E-state index contributed by atoms with van der Waals surface area (Å²) in [4.78, 5) is 0. The van der Waals surface area contributed by atoms with E-state index in [0.717, 1.165) is 25.7 Å². The molecule has 0 amide bonds. The van der Waals surface area contributed by atoms with Crippen LogP contribution in [0, 0.1) is 23.7 Å². The highest BCUT2D eigenvalue weighted by atomic mass is 16.9. The van der Waals surface area contributed by atoms with Crippen LogP contribution in [-0.2, 0) is 37.9 Å². The summed E-state index contributed by atoms with van der Waals surface area (Å²) in [5.41, 5.74) is 0. The van der Waals surface area contributed by atoms with Crippen LogP contribution in [0.1, 0.15) is 176 Å². The van der Waals surface area contributed by atoms with Crippen LogP contribution in [0.15, 0.2) is 0 Å². The van der Waals surface area contributed by atoms with Gasteiger partial charge < -0.3 is 37.9 Å². The molecule has 0 aromatic carbocycles. The van der Waals surface area contributed by atoms with Gasteiger partial charge in [-0.3, -0.25) is 0 Å². The molecule has 0 N–H and O–H groups in total. The average molecular weight is 727 g/mol. The fraction of sp³-hybridized carbons (Fsp3) is 1.00. The van der Waals surface area contributed by atoms with Gasteiger partial charge in [-0.2, -0.15) is 0 Å². The molecule has 8 unspecified atom stereocenters. The van der Waals surface area contributed by atoms with E-state index in [1.54, 1.807) is 21.3 Å². The van der Waals surface area contributed by atoms with Crippen molar-refractivity contribution in [3.63, 3.8) is 0 Å². The molecule has 51 heavy (non-hydrogen) atoms. The number of rotatable bonds is 29. The van der Waals surface area contributed by atoms with Gasteiger partial charge in [-0.15, -0.1) is 0 Å². The second-order valence-corrected chi connectivity index (χ2v) is 15.9. The number of ether oxygens (including phenoxy) is 8. The number of unbranched alkanes of at least 4 members (excludes halogenated alkanes) is 10. The van der Waals surface area contributed by atoms with Gasteiger partial charge in [0.05, 0.1) is 24.4 Å². The first kappa shape index (κ1) is 45.1. The van der Waals surface area contributed by atoms with Crippen LogP contribution in [0.25, 0.3) is 0 Å². The molecule has 0 radical (unpaired) electrons. The number of fused-ring (bicyclic) bond motifs is 2. The molecule has 0 aromatic rings. The van der Waals surface area contributed by atoms with Crippen LogP contribution in [-0.4, -0.2) is 77.5 Å². The molecular formula is C43H82O8. The van der Waals surface area contributed by atoms with Crippen LogP contribution in [0.3, 0.4) is 0 Å². The second-order valence-electron chi connectivity index (χ2n) is 15.9. The molecule has 8 atom stereocenters. The Morgan fingerprint density at radius 2 is 0.843 bits per heavy atom. The largest absolute Gasteiger partial charge is 0.370 e. The lowest BCUT2D eigenvalue weighted by Crippen LogP contribution is -2.47. The highest BCUT2D eigenvalue weighted by molar-refractivity contribution is 4.94. The maximum absolute atomic E-state index is 6.17. The number of hydrogen-bond donors (Lipinski definition) is 0. The average Bonchev–Trinajstić information content (AvgIpc) is 4.07. The molecule has 8 heteroatoms. The molecule has 2 aliphatic heterocycles. The SMILES string of the molecule is CCCCCCCCC(CC1CCC2OC2C1)C(OC)(OC)OC.CCCCCCCCC(CC1CCC2OC2C1)C(OCC)(OCC)OCC. The molecule has 2 saturated carbocycles. The molecule has 2 saturated heterocycles. The number of epoxide rings is 2. The van der Waals surface area contributed by atoms with Crippen molar-refractivity contribution in [3.8, 4) is 0 Å². The minimum Gasteiger partial charge on any atom is -0.370 e. The van der Waals surface area contributed by atoms with Gasteiger partial charge in [0.1, 0.15) is 0 Å². The predicted molar refractivity (Wildman–Crippen MR) is 206 cm³/mol. The molecule has 2 heterocycles. The van der Waals surface area contributed by atoms with Crippen molar-refractivity contribution in [2.75, 3.05) is 41.2 Å². The Labute approximate surface area is 314 Å². The predicted octanol–water partition coefficient (Wildman–Crippen LogP) is 11.0. The lowest BCUT2D eigenvalue weighted by molar-refractivity contribution is -0.404. The molecule has 0 aromatic heterocycles. The minimum atomic E-state index is -0.898. The van der Waals surface area contributed by atoms with E-state index in [1.807, 2.05) is 20.8 Å². The molecule has 302 valence electrons. The summed E-state index contributed by atoms with van der Waals surface area (Å²) >= 11 is 0. The van der Waals surface area contributed by atoms with E-state index in [-0.39, 0.29) is 5.92 Å². The van der Waals surface area contributed by atoms with Crippen LogP contribution < -0.4 is 0 Å². The van der Waals surface area contributed by atoms with Gasteiger partial charge in [0.25, 0.3) is 11.9 Å². The van der Waals surface area contributed by atoms with Gasteiger partial charge in [0.2, 0.25) is 0 Å². The fourth-order valence-electron chi connectivity index (χ4n) is 9.26. The van der Waals surface area contributed by atoms with Crippen LogP contribution in [0.5, 0.6) is 0 Å². The topological polar surface area (TPSA) is 80.4 Å². The van der Waals surface area contributed by atoms with Gasteiger partial charge in [-0.1, -0.05) is 90.9 Å². The van der Waals surface area contributed by atoms with Crippen molar-refractivity contribution in [1.29, 1.82) is 0 Å². The van der Waals surface area contributed by atoms with E-state index in [4.69, 9.17) is 37.9 Å². The fourth-order valence-corrected chi connectivity index (χ4v) is 9.26. The van der Waals surface area contributed by atoms with Gasteiger partial charge in [-0.25, -0.2) is 0 Å². The number of methoxy groups -OCH3 is 3. The maximum atomic E-state index is 6.17. The lowest BCUT2D eigenvalue weighted by atomic mass is 9.80. The molecule has 4 aliphatic rings. The second kappa shape index (κ2) is 25.0. The van der Waals surface area contributed by atoms with Crippen molar-refractivity contribution in [1.82, 2.24) is 0 Å². The van der Waals surface area contributed by atoms with E-state index >= 15 is 0 Å². The van der Waals surface area contributed by atoms with Gasteiger partial charge in [0.15, 0.2) is 0 Å². The Bertz CT molecular complexity index is 842. The summed E-state index contributed by atoms with van der Waals surface area (Å²) in [7, 11) is 5.09. The molecule has 8 nitrogen and oxygen atoms in total. The third kappa shape index (κ3) is 15.0. The first-order valence-electron chi connectivity index (χ1n) is 21.8. The number of hydrogen-bond acceptors (Lipinski definition) is 8. The van der Waals surface area contributed by atoms with Crippen molar-refractivity contribution >= 4 is 0 Å². The third-order valence-corrected chi connectivity index (χ3v) is 12.2. The Morgan fingerprint density at radius 3 is 1.20 bits per heavy atom. The quantitative estimate of drug-likeness (QED) is 0.0428. The summed E-state index contributed by atoms with van der Waals surface area (Å²) in [6, 6.07) is 0. The normalized spacial score (nSPS) is 26.8. The first-order chi connectivity index (χ1) is 24.9. The van der Waals surface area contributed by atoms with Crippen molar-refractivity contribution in [3.05, 3.63) is 0 Å². The standard InChI is InChI=1S/C23H44O4.C20H38O4/c1-5-9-10-11-12-13-14-20(17-19-15-16-21-22(18-19)27-21)23(24-6-2,25-7-3)26-8-4;1-5-6-7-8-9-10-11-17(20(21-2,22-3)23-4)14-16-12-13-18-19(15-16)24-18/h19-22H,5-18H2,1-4H3;16-19H,5-15H2,1-4H3. The molecule has 0 spiro atoms. The summed E-state index contributed by atoms with van der Waals surface area (Å²) in [6.45, 7) is 12.5. The minimum absolute atomic E-state index is 0.281. The zero-order chi connectivity index (χ0) is 37.0. The summed E-state index contributed by atoms with van der Waals surface area (Å²) < 4.78 is 47.1. The Hall–Kier alpha value is -0.320. The summed E-state index contributed by atoms with van der Waals surface area (Å²) in [5.74, 6) is 0.221. The maximum Gasteiger partial charge on any atom is 0.285 e. The zero-order valence-corrected chi connectivity index (χ0v) is 34.6. The smallest absolute Gasteiger partial charge is 0.285 e. The van der Waals surface area contributed by atoms with Crippen LogP contribution in [0.2, 0.25) is 0 Å². The highest BCUT2D eigenvalue weighted by Crippen LogP contribution is 2.46. The van der Waals surface area contributed by atoms with E-state index in [0.29, 0.717) is 62.0 Å². The monoisotopic (exact) mass is 727 g/mol. The Kier molecular flexibility index (Phi) is 22.1. The van der Waals surface area contributed by atoms with E-state index in [2.05, 4.69) is 13.8 Å². The highest BCUT2D eigenvalue weighted by Gasteiger charge is 2.49. The van der Waals surface area contributed by atoms with Gasteiger partial charge in [-0.05, 0) is 96.8 Å². The van der Waals surface area contributed by atoms with Crippen molar-refractivity contribution in [2.24, 2.45) is 23.7 Å².